The van der Waals surface area contributed by atoms with Gasteiger partial charge in [0.25, 0.3) is 0 Å². The van der Waals surface area contributed by atoms with Gasteiger partial charge in [0.15, 0.2) is 0 Å². The van der Waals surface area contributed by atoms with Crippen molar-refractivity contribution >= 4 is 19.2 Å². The van der Waals surface area contributed by atoms with E-state index in [-0.39, 0.29) is 0 Å². The highest BCUT2D eigenvalue weighted by atomic mass is 31.2. The maximum atomic E-state index is 10.9. The van der Waals surface area contributed by atoms with Crippen molar-refractivity contribution in [2.45, 2.75) is 70.3 Å². The molecule has 8 N–H and O–H groups in total. The highest BCUT2D eigenvalue weighted by Gasteiger charge is 2.33. The van der Waals surface area contributed by atoms with Gasteiger partial charge in [0.05, 0.1) is 17.4 Å². The van der Waals surface area contributed by atoms with Gasteiger partial charge in [-0.1, -0.05) is 45.1 Å². The van der Waals surface area contributed by atoms with Crippen LogP contribution in [0.25, 0.3) is 0 Å². The number of rotatable bonds is 11. The molecule has 0 aliphatic carbocycles. The summed E-state index contributed by atoms with van der Waals surface area (Å²) < 4.78 is 15.4. The number of nitrogens with one attached hydrogen (secondary N) is 2. The molecule has 1 heterocycles. The minimum atomic E-state index is -4.68. The molecule has 8 nitrogen and oxygen atoms in total. The molecule has 0 saturated carbocycles. The molecule has 148 valence electrons. The number of nitrogens with two attached hydrogens (primary N) is 2. The van der Waals surface area contributed by atoms with Gasteiger partial charge in [-0.15, -0.1) is 0 Å². The Morgan fingerprint density at radius 2 is 1.77 bits per heavy atom. The van der Waals surface area contributed by atoms with Gasteiger partial charge in [0, 0.05) is 0 Å². The van der Waals surface area contributed by atoms with Crippen LogP contribution in [0.3, 0.4) is 0 Å². The zero-order valence-electron chi connectivity index (χ0n) is 15.2. The van der Waals surface area contributed by atoms with Crippen LogP contribution < -0.4 is 22.1 Å². The lowest BCUT2D eigenvalue weighted by Crippen LogP contribution is -2.54. The van der Waals surface area contributed by atoms with Gasteiger partial charge in [-0.2, -0.15) is 0 Å². The van der Waals surface area contributed by atoms with E-state index >= 15 is 0 Å². The smallest absolute Gasteiger partial charge is 0.362 e. The van der Waals surface area contributed by atoms with E-state index in [1.54, 1.807) is 0 Å². The van der Waals surface area contributed by atoms with Crippen LogP contribution >= 0.6 is 7.82 Å². The molecule has 26 heavy (non-hydrogen) atoms. The molecule has 0 spiro atoms. The molecular formula is C17H31N4O4P. The highest BCUT2D eigenvalue weighted by molar-refractivity contribution is 7.46. The Kier molecular flexibility index (Phi) is 7.88. The molecule has 0 radical (unpaired) electrons. The minimum absolute atomic E-state index is 0.462. The Bertz CT molecular complexity index is 625. The van der Waals surface area contributed by atoms with Crippen molar-refractivity contribution in [3.63, 3.8) is 0 Å². The molecule has 0 fully saturated rings. The van der Waals surface area contributed by atoms with Gasteiger partial charge in [0.1, 0.15) is 12.4 Å². The summed E-state index contributed by atoms with van der Waals surface area (Å²) in [7, 11) is -4.68. The van der Waals surface area contributed by atoms with Crippen molar-refractivity contribution in [2.24, 2.45) is 11.5 Å². The lowest BCUT2D eigenvalue weighted by molar-refractivity contribution is 0.115. The molecule has 0 bridgehead atoms. The molecule has 0 aromatic heterocycles. The average molecular weight is 386 g/mol. The van der Waals surface area contributed by atoms with E-state index in [0.717, 1.165) is 17.8 Å². The third-order valence-corrected chi connectivity index (χ3v) is 5.07. The van der Waals surface area contributed by atoms with Gasteiger partial charge >= 0.3 is 7.82 Å². The van der Waals surface area contributed by atoms with Crippen molar-refractivity contribution < 1.29 is 18.9 Å². The lowest BCUT2D eigenvalue weighted by Gasteiger charge is -2.26. The molecule has 1 aromatic rings. The van der Waals surface area contributed by atoms with Crippen LogP contribution in [0.15, 0.2) is 18.2 Å². The Morgan fingerprint density at radius 1 is 1.12 bits per heavy atom. The van der Waals surface area contributed by atoms with Gasteiger partial charge < -0.3 is 31.9 Å². The normalized spacial score (nSPS) is 18.7. The van der Waals surface area contributed by atoms with Crippen LogP contribution in [-0.2, 0) is 15.5 Å². The van der Waals surface area contributed by atoms with Crippen molar-refractivity contribution in [3.8, 4) is 0 Å². The predicted octanol–water partition coefficient (Wildman–Crippen LogP) is 2.47. The summed E-state index contributed by atoms with van der Waals surface area (Å²) in [6, 6.07) is 5.31. The third kappa shape index (κ3) is 6.54. The summed E-state index contributed by atoms with van der Waals surface area (Å²) >= 11 is 0. The topological polar surface area (TPSA) is 143 Å². The summed E-state index contributed by atoms with van der Waals surface area (Å²) in [6.07, 6.45) is 6.84. The molecule has 1 aliphatic rings. The number of unbranched alkanes of at least 4 members (excludes halogenated alkanes) is 5. The van der Waals surface area contributed by atoms with Gasteiger partial charge in [-0.25, -0.2) is 4.57 Å². The predicted molar refractivity (Wildman–Crippen MR) is 104 cm³/mol. The number of benzene rings is 1. The van der Waals surface area contributed by atoms with E-state index < -0.39 is 26.3 Å². The van der Waals surface area contributed by atoms with Crippen molar-refractivity contribution in [1.82, 2.24) is 0 Å². The van der Waals surface area contributed by atoms with Crippen LogP contribution in [0.2, 0.25) is 0 Å². The minimum Gasteiger partial charge on any atom is -0.362 e. The number of anilines is 2. The van der Waals surface area contributed by atoms with E-state index in [1.165, 1.54) is 44.1 Å². The first-order chi connectivity index (χ1) is 12.3. The summed E-state index contributed by atoms with van der Waals surface area (Å²) in [6.45, 7) is 2.22. The summed E-state index contributed by atoms with van der Waals surface area (Å²) in [4.78, 5) is 17.7. The molecule has 1 aliphatic heterocycles. The number of hydrogen-bond acceptors (Lipinski definition) is 6. The number of phosphoric acid groups is 1. The molecule has 0 saturated heterocycles. The Hall–Kier alpha value is -1.15. The fourth-order valence-corrected chi connectivity index (χ4v) is 3.54. The van der Waals surface area contributed by atoms with E-state index in [1.807, 2.05) is 6.07 Å². The van der Waals surface area contributed by atoms with Crippen LogP contribution in [0.5, 0.6) is 0 Å². The number of aryl methyl sites for hydroxylation is 1. The second kappa shape index (κ2) is 9.69. The van der Waals surface area contributed by atoms with Crippen LogP contribution in [0.1, 0.15) is 51.0 Å². The third-order valence-electron chi connectivity index (χ3n) is 4.55. The monoisotopic (exact) mass is 386 g/mol. The van der Waals surface area contributed by atoms with Crippen molar-refractivity contribution in [3.05, 3.63) is 23.8 Å². The first-order valence-electron chi connectivity index (χ1n) is 9.21. The second-order valence-electron chi connectivity index (χ2n) is 6.80. The molecule has 9 heteroatoms. The molecule has 3 atom stereocenters. The second-order valence-corrected chi connectivity index (χ2v) is 7.99. The Balaban J connectivity index is 1.84. The lowest BCUT2D eigenvalue weighted by atomic mass is 10.0. The number of phosphoric ester groups is 1. The van der Waals surface area contributed by atoms with E-state index in [0.29, 0.717) is 0 Å². The Labute approximate surface area is 154 Å². The number of fused-ring (bicyclic) bond motifs is 1. The van der Waals surface area contributed by atoms with Crippen LogP contribution in [-0.4, -0.2) is 28.2 Å². The quantitative estimate of drug-likeness (QED) is 0.193. The van der Waals surface area contributed by atoms with Gasteiger partial charge in [-0.05, 0) is 30.5 Å². The van der Waals surface area contributed by atoms with E-state index in [2.05, 4.69) is 34.2 Å². The Morgan fingerprint density at radius 3 is 2.46 bits per heavy atom. The maximum absolute atomic E-state index is 10.9. The fraction of sp³-hybridized carbons (Fsp3) is 0.647. The average Bonchev–Trinajstić information content (AvgIpc) is 2.99. The highest BCUT2D eigenvalue weighted by Crippen LogP contribution is 2.38. The first-order valence-corrected chi connectivity index (χ1v) is 10.7. The van der Waals surface area contributed by atoms with Gasteiger partial charge in [-0.3, -0.25) is 4.52 Å². The maximum Gasteiger partial charge on any atom is 0.471 e. The van der Waals surface area contributed by atoms with Crippen LogP contribution in [0.4, 0.5) is 11.4 Å². The largest absolute Gasteiger partial charge is 0.471 e. The van der Waals surface area contributed by atoms with Crippen LogP contribution in [0, 0.1) is 0 Å². The molecular weight excluding hydrogens is 355 g/mol. The van der Waals surface area contributed by atoms with Gasteiger partial charge in [0.2, 0.25) is 0 Å². The van der Waals surface area contributed by atoms with Crippen molar-refractivity contribution in [2.75, 3.05) is 10.6 Å². The zero-order valence-corrected chi connectivity index (χ0v) is 16.1. The van der Waals surface area contributed by atoms with E-state index in [9.17, 15) is 4.57 Å². The standard InChI is InChI=1S/C17H31N4O4P/c1-2-3-4-5-6-7-8-12-9-10-13-14(11-12)21-17(20-13)15(18)16(19)25-26(22,23)24/h9-11,15-17,20-21H,2-8,18-19H2,1H3,(H2,22,23,24)/t15?,16-,17?/m1/s1. The zero-order chi connectivity index (χ0) is 19.2. The summed E-state index contributed by atoms with van der Waals surface area (Å²) in [5, 5.41) is 6.38. The fourth-order valence-electron chi connectivity index (χ4n) is 3.08. The summed E-state index contributed by atoms with van der Waals surface area (Å²) in [5.41, 5.74) is 14.7. The van der Waals surface area contributed by atoms with E-state index in [4.69, 9.17) is 21.3 Å². The molecule has 2 unspecified atom stereocenters. The molecule has 0 amide bonds. The molecule has 1 aromatic carbocycles. The molecule has 2 rings (SSSR count). The summed E-state index contributed by atoms with van der Waals surface area (Å²) in [5.74, 6) is 0. The number of hydrogen-bond donors (Lipinski definition) is 6. The van der Waals surface area contributed by atoms with Crippen molar-refractivity contribution in [1.29, 1.82) is 0 Å². The first kappa shape index (κ1) is 21.2. The SMILES string of the molecule is CCCCCCCCc1ccc2c(c1)NC(C(N)[C@H](N)OP(=O)(O)O)N2.